The van der Waals surface area contributed by atoms with Crippen LogP contribution in [0.15, 0.2) is 6.20 Å². The van der Waals surface area contributed by atoms with Crippen molar-refractivity contribution in [3.63, 3.8) is 0 Å². The number of carbonyl (C=O) groups excluding carboxylic acids is 1. The van der Waals surface area contributed by atoms with Gasteiger partial charge in [0, 0.05) is 44.5 Å². The van der Waals surface area contributed by atoms with Crippen LogP contribution >= 0.6 is 0 Å². The Morgan fingerprint density at radius 2 is 1.94 bits per heavy atom. The molecule has 2 heterocycles. The molecule has 186 valence electrons. The number of nitrogens with two attached hydrogens (primary N) is 1. The van der Waals surface area contributed by atoms with Crippen molar-refractivity contribution in [2.24, 2.45) is 5.73 Å². The van der Waals surface area contributed by atoms with Crippen LogP contribution < -0.4 is 16.0 Å². The van der Waals surface area contributed by atoms with E-state index in [9.17, 15) is 18.7 Å². The zero-order valence-electron chi connectivity index (χ0n) is 19.6. The molecule has 1 aliphatic heterocycles. The van der Waals surface area contributed by atoms with E-state index in [1.807, 2.05) is 0 Å². The second-order valence-electron chi connectivity index (χ2n) is 9.17. The molecule has 1 atom stereocenters. The summed E-state index contributed by atoms with van der Waals surface area (Å²) in [4.78, 5) is 25.6. The number of likely N-dealkylation sites (tertiary alicyclic amines) is 1. The molecule has 33 heavy (non-hydrogen) atoms. The summed E-state index contributed by atoms with van der Waals surface area (Å²) in [6, 6.07) is 0.249. The van der Waals surface area contributed by atoms with Gasteiger partial charge in [-0.3, -0.25) is 9.18 Å². The third kappa shape index (κ3) is 6.96. The van der Waals surface area contributed by atoms with E-state index < -0.39 is 12.1 Å². The molecule has 1 saturated heterocycles. The number of carbonyl (C=O) groups is 1. The molecular weight excluding hydrogens is 430 g/mol. The van der Waals surface area contributed by atoms with Crippen molar-refractivity contribution < 1.29 is 18.7 Å². The van der Waals surface area contributed by atoms with Crippen LogP contribution in [0.2, 0.25) is 0 Å². The van der Waals surface area contributed by atoms with Crippen LogP contribution in [0.25, 0.3) is 0 Å². The number of anilines is 2. The number of piperidine rings is 1. The predicted molar refractivity (Wildman–Crippen MR) is 125 cm³/mol. The van der Waals surface area contributed by atoms with Crippen LogP contribution in [0.4, 0.5) is 20.5 Å². The molecule has 0 aromatic carbocycles. The van der Waals surface area contributed by atoms with Crippen molar-refractivity contribution in [3.05, 3.63) is 11.8 Å². The van der Waals surface area contributed by atoms with E-state index in [1.54, 1.807) is 6.92 Å². The molecular formula is C23H38F2N6O2. The van der Waals surface area contributed by atoms with Gasteiger partial charge in [0.25, 0.3) is 5.91 Å². The van der Waals surface area contributed by atoms with E-state index in [1.165, 1.54) is 6.20 Å². The third-order valence-electron chi connectivity index (χ3n) is 6.82. The minimum absolute atomic E-state index is 0.0917. The van der Waals surface area contributed by atoms with Gasteiger partial charge in [0.15, 0.2) is 0 Å². The fourth-order valence-electron chi connectivity index (χ4n) is 4.86. The monoisotopic (exact) mass is 468 g/mol. The van der Waals surface area contributed by atoms with Crippen molar-refractivity contribution >= 4 is 17.7 Å². The molecule has 2 fully saturated rings. The Kier molecular flexibility index (Phi) is 9.61. The molecule has 0 bridgehead atoms. The van der Waals surface area contributed by atoms with Crippen molar-refractivity contribution in [3.8, 4) is 0 Å². The van der Waals surface area contributed by atoms with Gasteiger partial charge in [-0.2, -0.15) is 4.98 Å². The quantitative estimate of drug-likeness (QED) is 0.458. The van der Waals surface area contributed by atoms with Gasteiger partial charge < -0.3 is 26.0 Å². The number of nitrogens with zero attached hydrogens (tertiary/aromatic N) is 4. The number of amides is 1. The molecule has 0 spiro atoms. The lowest BCUT2D eigenvalue weighted by molar-refractivity contribution is 0.0997. The number of rotatable bonds is 11. The van der Waals surface area contributed by atoms with Crippen LogP contribution in [-0.2, 0) is 0 Å². The Bertz CT molecular complexity index is 754. The van der Waals surface area contributed by atoms with Gasteiger partial charge in [-0.05, 0) is 51.4 Å². The van der Waals surface area contributed by atoms with E-state index in [2.05, 4.69) is 25.1 Å². The lowest BCUT2D eigenvalue weighted by Crippen LogP contribution is -2.51. The zero-order chi connectivity index (χ0) is 23.8. The third-order valence-corrected chi connectivity index (χ3v) is 6.82. The number of primary amides is 1. The molecule has 1 aliphatic carbocycles. The van der Waals surface area contributed by atoms with Crippen LogP contribution in [-0.4, -0.2) is 83.1 Å². The summed E-state index contributed by atoms with van der Waals surface area (Å²) in [5, 5.41) is 13.0. The highest BCUT2D eigenvalue weighted by Gasteiger charge is 2.35. The Hall–Kier alpha value is -2.07. The summed E-state index contributed by atoms with van der Waals surface area (Å²) >= 11 is 0. The fraction of sp³-hybridized carbons (Fsp3) is 0.783. The number of halogens is 2. The molecule has 1 amide bonds. The lowest BCUT2D eigenvalue weighted by atomic mass is 9.89. The molecule has 2 aliphatic rings. The second-order valence-corrected chi connectivity index (χ2v) is 9.17. The standard InChI is InChI=1S/C23H38F2N6O2/c1-2-16(25)14-27-23-28-15-20(21(26)33)22(29-23)31(17-4-6-19(32)7-5-17)18-8-12-30(13-9-18)11-3-10-24/h15-19,32H,2-14H2,1H3,(H2,26,33)(H,27,28,29)/t16-,17?,19?/m0/s1. The molecule has 0 unspecified atom stereocenters. The zero-order valence-corrected chi connectivity index (χ0v) is 19.6. The summed E-state index contributed by atoms with van der Waals surface area (Å²) in [6.45, 7) is 3.99. The van der Waals surface area contributed by atoms with Gasteiger partial charge in [0.1, 0.15) is 17.6 Å². The molecule has 3 rings (SSSR count). The molecule has 4 N–H and O–H groups in total. The van der Waals surface area contributed by atoms with E-state index in [4.69, 9.17) is 5.73 Å². The highest BCUT2D eigenvalue weighted by molar-refractivity contribution is 5.97. The number of aliphatic hydroxyl groups is 1. The van der Waals surface area contributed by atoms with Crippen molar-refractivity contribution in [1.29, 1.82) is 0 Å². The number of aromatic nitrogens is 2. The summed E-state index contributed by atoms with van der Waals surface area (Å²) in [5.41, 5.74) is 5.94. The molecule has 1 aromatic rings. The highest BCUT2D eigenvalue weighted by atomic mass is 19.1. The maximum absolute atomic E-state index is 13.8. The van der Waals surface area contributed by atoms with Crippen molar-refractivity contribution in [2.45, 2.75) is 82.6 Å². The first-order valence-electron chi connectivity index (χ1n) is 12.2. The smallest absolute Gasteiger partial charge is 0.254 e. The van der Waals surface area contributed by atoms with Crippen LogP contribution in [0.5, 0.6) is 0 Å². The molecule has 1 saturated carbocycles. The maximum Gasteiger partial charge on any atom is 0.254 e. The van der Waals surface area contributed by atoms with E-state index >= 15 is 0 Å². The molecule has 1 aromatic heterocycles. The van der Waals surface area contributed by atoms with Crippen LogP contribution in [0, 0.1) is 0 Å². The summed E-state index contributed by atoms with van der Waals surface area (Å²) in [7, 11) is 0. The Morgan fingerprint density at radius 3 is 2.55 bits per heavy atom. The lowest BCUT2D eigenvalue weighted by Gasteiger charge is -2.45. The highest BCUT2D eigenvalue weighted by Crippen LogP contribution is 2.34. The van der Waals surface area contributed by atoms with Crippen LogP contribution in [0.3, 0.4) is 0 Å². The number of nitrogens with one attached hydrogen (secondary N) is 1. The number of hydrogen-bond donors (Lipinski definition) is 3. The Morgan fingerprint density at radius 1 is 1.27 bits per heavy atom. The number of hydrogen-bond acceptors (Lipinski definition) is 7. The fourth-order valence-corrected chi connectivity index (χ4v) is 4.86. The Balaban J connectivity index is 1.88. The minimum atomic E-state index is -1.02. The average molecular weight is 469 g/mol. The SMILES string of the molecule is CC[C@H](F)CNc1ncc(C(N)=O)c(N(C2CCC(O)CC2)C2CCN(CCCF)CC2)n1. The summed E-state index contributed by atoms with van der Waals surface area (Å²) in [6.07, 6.45) is 5.71. The normalized spacial score (nSPS) is 23.3. The predicted octanol–water partition coefficient (Wildman–Crippen LogP) is 2.67. The van der Waals surface area contributed by atoms with Gasteiger partial charge in [0.05, 0.1) is 12.8 Å². The van der Waals surface area contributed by atoms with Gasteiger partial charge in [-0.25, -0.2) is 9.37 Å². The first-order valence-corrected chi connectivity index (χ1v) is 12.2. The van der Waals surface area contributed by atoms with Crippen molar-refractivity contribution in [1.82, 2.24) is 14.9 Å². The molecule has 10 heteroatoms. The van der Waals surface area contributed by atoms with E-state index in [0.29, 0.717) is 31.5 Å². The number of aliphatic hydroxyl groups excluding tert-OH is 1. The van der Waals surface area contributed by atoms with Crippen molar-refractivity contribution in [2.75, 3.05) is 43.1 Å². The molecule has 0 radical (unpaired) electrons. The van der Waals surface area contributed by atoms with Crippen LogP contribution in [0.1, 0.15) is 68.6 Å². The summed E-state index contributed by atoms with van der Waals surface area (Å²) < 4.78 is 26.4. The maximum atomic E-state index is 13.8. The van der Waals surface area contributed by atoms with Gasteiger partial charge in [-0.1, -0.05) is 6.92 Å². The van der Waals surface area contributed by atoms with Gasteiger partial charge in [-0.15, -0.1) is 0 Å². The number of alkyl halides is 2. The van der Waals surface area contributed by atoms with Gasteiger partial charge >= 0.3 is 0 Å². The van der Waals surface area contributed by atoms with E-state index in [-0.39, 0.29) is 42.9 Å². The second kappa shape index (κ2) is 12.4. The largest absolute Gasteiger partial charge is 0.393 e. The average Bonchev–Trinajstić information content (AvgIpc) is 2.83. The molecule has 8 nitrogen and oxygen atoms in total. The minimum Gasteiger partial charge on any atom is -0.393 e. The first-order chi connectivity index (χ1) is 15.9. The topological polar surface area (TPSA) is 108 Å². The Labute approximate surface area is 194 Å². The first kappa shape index (κ1) is 25.6. The summed E-state index contributed by atoms with van der Waals surface area (Å²) in [5.74, 6) is 0.150. The van der Waals surface area contributed by atoms with Gasteiger partial charge in [0.2, 0.25) is 5.95 Å². The van der Waals surface area contributed by atoms with E-state index in [0.717, 1.165) is 45.3 Å².